The number of aliphatic carboxylic acids is 1. The van der Waals surface area contributed by atoms with Crippen molar-refractivity contribution in [1.82, 2.24) is 0 Å². The molecule has 3 nitrogen and oxygen atoms in total. The fourth-order valence-corrected chi connectivity index (χ4v) is 2.53. The summed E-state index contributed by atoms with van der Waals surface area (Å²) in [6.45, 7) is 0. The number of carboxylic acid groups (broad SMARTS) is 1. The van der Waals surface area contributed by atoms with E-state index in [1.165, 1.54) is 5.56 Å². The first-order valence-electron chi connectivity index (χ1n) is 6.63. The van der Waals surface area contributed by atoms with Crippen LogP contribution >= 0.6 is 0 Å². The molecule has 2 rings (SSSR count). The maximum atomic E-state index is 12.2. The molecule has 0 bridgehead atoms. The highest BCUT2D eigenvalue weighted by atomic mass is 16.4. The highest BCUT2D eigenvalue weighted by molar-refractivity contribution is 6.05. The topological polar surface area (TPSA) is 54.4 Å². The Hall–Kier alpha value is -1.90. The molecule has 0 fully saturated rings. The molecule has 0 spiro atoms. The van der Waals surface area contributed by atoms with Crippen LogP contribution in [0.15, 0.2) is 42.5 Å². The van der Waals surface area contributed by atoms with Crippen LogP contribution in [0.2, 0.25) is 0 Å². The summed E-state index contributed by atoms with van der Waals surface area (Å²) in [5, 5.41) is 9.28. The highest BCUT2D eigenvalue weighted by Crippen LogP contribution is 2.34. The Morgan fingerprint density at radius 2 is 1.95 bits per heavy atom. The lowest BCUT2D eigenvalue weighted by atomic mass is 9.81. The van der Waals surface area contributed by atoms with E-state index in [4.69, 9.17) is 0 Å². The Kier molecular flexibility index (Phi) is 4.15. The van der Waals surface area contributed by atoms with Gasteiger partial charge in [0.2, 0.25) is 0 Å². The van der Waals surface area contributed by atoms with E-state index >= 15 is 0 Å². The first kappa shape index (κ1) is 13.5. The minimum absolute atomic E-state index is 0.162. The quantitative estimate of drug-likeness (QED) is 0.630. The molecule has 0 saturated heterocycles. The summed E-state index contributed by atoms with van der Waals surface area (Å²) in [7, 11) is 0. The number of benzene rings is 1. The summed E-state index contributed by atoms with van der Waals surface area (Å²) in [5.74, 6) is -1.17. The SMILES string of the molecule is O=C(O)C1(C(=O)CCCc2ccccc2)C=CCC1. The van der Waals surface area contributed by atoms with Gasteiger partial charge in [-0.15, -0.1) is 0 Å². The number of carbonyl (C=O) groups is 2. The second kappa shape index (κ2) is 5.83. The summed E-state index contributed by atoms with van der Waals surface area (Å²) >= 11 is 0. The number of carbonyl (C=O) groups excluding carboxylic acids is 1. The average Bonchev–Trinajstić information content (AvgIpc) is 2.90. The van der Waals surface area contributed by atoms with Crippen LogP contribution in [-0.4, -0.2) is 16.9 Å². The Labute approximate surface area is 113 Å². The first-order chi connectivity index (χ1) is 9.15. The van der Waals surface area contributed by atoms with Gasteiger partial charge in [-0.25, -0.2) is 0 Å². The second-order valence-electron chi connectivity index (χ2n) is 4.98. The van der Waals surface area contributed by atoms with Crippen LogP contribution < -0.4 is 0 Å². The molecule has 19 heavy (non-hydrogen) atoms. The first-order valence-corrected chi connectivity index (χ1v) is 6.63. The van der Waals surface area contributed by atoms with Crippen molar-refractivity contribution < 1.29 is 14.7 Å². The Morgan fingerprint density at radius 1 is 1.21 bits per heavy atom. The average molecular weight is 258 g/mol. The maximum Gasteiger partial charge on any atom is 0.321 e. The Bertz CT molecular complexity index is 490. The van der Waals surface area contributed by atoms with Crippen molar-refractivity contribution in [3.63, 3.8) is 0 Å². The molecule has 0 heterocycles. The zero-order chi connectivity index (χ0) is 13.7. The number of rotatable bonds is 6. The van der Waals surface area contributed by atoms with Crippen molar-refractivity contribution >= 4 is 11.8 Å². The molecule has 1 aromatic carbocycles. The molecule has 1 aliphatic carbocycles. The van der Waals surface area contributed by atoms with Gasteiger partial charge in [0.25, 0.3) is 0 Å². The van der Waals surface area contributed by atoms with E-state index in [0.717, 1.165) is 6.42 Å². The molecular formula is C16H18O3. The Balaban J connectivity index is 1.91. The zero-order valence-electron chi connectivity index (χ0n) is 10.8. The minimum atomic E-state index is -1.25. The van der Waals surface area contributed by atoms with Crippen LogP contribution in [0, 0.1) is 5.41 Å². The lowest BCUT2D eigenvalue weighted by Crippen LogP contribution is -2.35. The second-order valence-corrected chi connectivity index (χ2v) is 4.98. The van der Waals surface area contributed by atoms with Crippen molar-refractivity contribution in [2.45, 2.75) is 32.1 Å². The molecule has 0 aliphatic heterocycles. The molecule has 3 heteroatoms. The minimum Gasteiger partial charge on any atom is -0.480 e. The van der Waals surface area contributed by atoms with Gasteiger partial charge in [0.1, 0.15) is 5.41 Å². The van der Waals surface area contributed by atoms with Crippen LogP contribution in [0.3, 0.4) is 0 Å². The lowest BCUT2D eigenvalue weighted by Gasteiger charge is -2.20. The van der Waals surface area contributed by atoms with E-state index in [-0.39, 0.29) is 5.78 Å². The maximum absolute atomic E-state index is 12.2. The van der Waals surface area contributed by atoms with E-state index in [2.05, 4.69) is 0 Å². The standard InChI is InChI=1S/C16H18O3/c17-14(16(15(18)19)11-4-5-12-16)10-6-9-13-7-2-1-3-8-13/h1-4,7-8,11H,5-6,9-10,12H2,(H,18,19). The third-order valence-corrected chi connectivity index (χ3v) is 3.70. The molecule has 1 aromatic rings. The number of allylic oxidation sites excluding steroid dienone is 1. The van der Waals surface area contributed by atoms with Gasteiger partial charge in [0.05, 0.1) is 0 Å². The fraction of sp³-hybridized carbons (Fsp3) is 0.375. The highest BCUT2D eigenvalue weighted by Gasteiger charge is 2.44. The van der Waals surface area contributed by atoms with Crippen LogP contribution in [-0.2, 0) is 16.0 Å². The van der Waals surface area contributed by atoms with E-state index in [9.17, 15) is 14.7 Å². The van der Waals surface area contributed by atoms with E-state index in [1.807, 2.05) is 30.3 Å². The van der Waals surface area contributed by atoms with Crippen molar-refractivity contribution in [1.29, 1.82) is 0 Å². The van der Waals surface area contributed by atoms with Crippen LogP contribution in [0.25, 0.3) is 0 Å². The summed E-state index contributed by atoms with van der Waals surface area (Å²) in [6.07, 6.45) is 6.29. The van der Waals surface area contributed by atoms with Crippen molar-refractivity contribution in [3.05, 3.63) is 48.0 Å². The molecular weight excluding hydrogens is 240 g/mol. The van der Waals surface area contributed by atoms with Gasteiger partial charge in [0.15, 0.2) is 5.78 Å². The molecule has 0 saturated carbocycles. The fourth-order valence-electron chi connectivity index (χ4n) is 2.53. The van der Waals surface area contributed by atoms with E-state index in [0.29, 0.717) is 25.7 Å². The molecule has 1 N–H and O–H groups in total. The van der Waals surface area contributed by atoms with Crippen LogP contribution in [0.4, 0.5) is 0 Å². The normalized spacial score (nSPS) is 21.5. The summed E-state index contributed by atoms with van der Waals surface area (Å²) in [6, 6.07) is 9.93. The van der Waals surface area contributed by atoms with Gasteiger partial charge in [-0.1, -0.05) is 42.5 Å². The monoisotopic (exact) mass is 258 g/mol. The number of carboxylic acids is 1. The third kappa shape index (κ3) is 2.92. The molecule has 1 aliphatic rings. The molecule has 100 valence electrons. The van der Waals surface area contributed by atoms with E-state index < -0.39 is 11.4 Å². The molecule has 0 amide bonds. The van der Waals surface area contributed by atoms with Crippen molar-refractivity contribution in [2.75, 3.05) is 0 Å². The predicted octanol–water partition coefficient (Wildman–Crippen LogP) is 3.00. The van der Waals surface area contributed by atoms with Gasteiger partial charge >= 0.3 is 5.97 Å². The summed E-state index contributed by atoms with van der Waals surface area (Å²) in [5.41, 5.74) is -0.0712. The molecule has 1 atom stereocenters. The summed E-state index contributed by atoms with van der Waals surface area (Å²) < 4.78 is 0. The third-order valence-electron chi connectivity index (χ3n) is 3.70. The molecule has 0 radical (unpaired) electrons. The number of hydrogen-bond acceptors (Lipinski definition) is 2. The van der Waals surface area contributed by atoms with Gasteiger partial charge in [-0.3, -0.25) is 9.59 Å². The number of hydrogen-bond donors (Lipinski definition) is 1. The number of Topliss-reactive ketones (excluding diaryl/α,β-unsaturated/α-hetero) is 1. The molecule has 1 unspecified atom stereocenters. The molecule has 0 aromatic heterocycles. The van der Waals surface area contributed by atoms with Gasteiger partial charge in [-0.2, -0.15) is 0 Å². The van der Waals surface area contributed by atoms with Crippen molar-refractivity contribution in [2.24, 2.45) is 5.41 Å². The van der Waals surface area contributed by atoms with Gasteiger partial charge in [-0.05, 0) is 31.2 Å². The predicted molar refractivity (Wildman–Crippen MR) is 72.8 cm³/mol. The number of ketones is 1. The van der Waals surface area contributed by atoms with Crippen LogP contribution in [0.1, 0.15) is 31.2 Å². The van der Waals surface area contributed by atoms with Gasteiger partial charge in [0, 0.05) is 6.42 Å². The number of aryl methyl sites for hydroxylation is 1. The zero-order valence-corrected chi connectivity index (χ0v) is 10.8. The summed E-state index contributed by atoms with van der Waals surface area (Å²) in [4.78, 5) is 23.5. The lowest BCUT2D eigenvalue weighted by molar-refractivity contribution is -0.151. The van der Waals surface area contributed by atoms with Crippen molar-refractivity contribution in [3.8, 4) is 0 Å². The smallest absolute Gasteiger partial charge is 0.321 e. The van der Waals surface area contributed by atoms with Gasteiger partial charge < -0.3 is 5.11 Å². The Morgan fingerprint density at radius 3 is 2.53 bits per heavy atom. The largest absolute Gasteiger partial charge is 0.480 e. The van der Waals surface area contributed by atoms with Crippen LogP contribution in [0.5, 0.6) is 0 Å². The van der Waals surface area contributed by atoms with E-state index in [1.54, 1.807) is 12.2 Å².